The third kappa shape index (κ3) is 4.71. The van der Waals surface area contributed by atoms with Crippen molar-refractivity contribution in [1.29, 1.82) is 0 Å². The molecule has 1 aliphatic rings. The van der Waals surface area contributed by atoms with Crippen molar-refractivity contribution in [2.75, 3.05) is 13.1 Å². The Bertz CT molecular complexity index is 690. The van der Waals surface area contributed by atoms with Crippen LogP contribution < -0.4 is 8.40 Å². The van der Waals surface area contributed by atoms with Crippen LogP contribution in [-0.2, 0) is 3.93 Å². The molecule has 0 aliphatic carbocycles. The van der Waals surface area contributed by atoms with E-state index in [1.54, 1.807) is 24.3 Å². The molecule has 0 atom stereocenters. The van der Waals surface area contributed by atoms with E-state index in [-0.39, 0.29) is 11.6 Å². The smallest absolute Gasteiger partial charge is 0.371 e. The number of piperidine rings is 1. The molecule has 4 nitrogen and oxygen atoms in total. The van der Waals surface area contributed by atoms with Crippen LogP contribution >= 0.6 is 0 Å². The summed E-state index contributed by atoms with van der Waals surface area (Å²) in [5, 5.41) is 1.42. The molecule has 0 unspecified atom stereocenters. The fraction of sp³-hybridized carbons (Fsp3) is 0.222. The van der Waals surface area contributed by atoms with Crippen molar-refractivity contribution < 1.29 is 35.9 Å². The van der Waals surface area contributed by atoms with Gasteiger partial charge >= 0.3 is 14.8 Å². The SMILES string of the molecule is [O-][Br+2]([O-])ON1CCC(=C(c2ccc(F)cc2)c2ccc(F)cc2)CC1. The van der Waals surface area contributed by atoms with Gasteiger partial charge in [0.2, 0.25) is 0 Å². The van der Waals surface area contributed by atoms with Gasteiger partial charge in [-0.3, -0.25) is 0 Å². The van der Waals surface area contributed by atoms with Crippen LogP contribution in [0.2, 0.25) is 0 Å². The number of benzene rings is 2. The summed E-state index contributed by atoms with van der Waals surface area (Å²) >= 11 is -3.28. The lowest BCUT2D eigenvalue weighted by atomic mass is 9.89. The van der Waals surface area contributed by atoms with Crippen molar-refractivity contribution in [2.45, 2.75) is 12.8 Å². The minimum atomic E-state index is -3.28. The Morgan fingerprint density at radius 2 is 1.28 bits per heavy atom. The number of halogens is 3. The largest absolute Gasteiger partial charge is 0.464 e. The summed E-state index contributed by atoms with van der Waals surface area (Å²) in [6.45, 7) is 0.890. The van der Waals surface area contributed by atoms with Crippen molar-refractivity contribution in [3.8, 4) is 0 Å². The van der Waals surface area contributed by atoms with E-state index in [9.17, 15) is 17.2 Å². The van der Waals surface area contributed by atoms with E-state index in [0.717, 1.165) is 22.3 Å². The highest BCUT2D eigenvalue weighted by molar-refractivity contribution is 5.82. The third-order valence-corrected chi connectivity index (χ3v) is 4.75. The fourth-order valence-corrected chi connectivity index (χ4v) is 3.59. The Labute approximate surface area is 149 Å². The Morgan fingerprint density at radius 1 is 0.840 bits per heavy atom. The van der Waals surface area contributed by atoms with Crippen molar-refractivity contribution in [2.24, 2.45) is 0 Å². The highest BCUT2D eigenvalue weighted by Crippen LogP contribution is 2.32. The van der Waals surface area contributed by atoms with E-state index >= 15 is 0 Å². The Hall–Kier alpha value is -1.64. The predicted octanol–water partition coefficient (Wildman–Crippen LogP) is 1.88. The van der Waals surface area contributed by atoms with Crippen molar-refractivity contribution in [1.82, 2.24) is 5.06 Å². The average molecular weight is 412 g/mol. The van der Waals surface area contributed by atoms with Gasteiger partial charge < -0.3 is 8.40 Å². The van der Waals surface area contributed by atoms with Gasteiger partial charge in [0, 0.05) is 13.1 Å². The maximum Gasteiger partial charge on any atom is 0.464 e. The van der Waals surface area contributed by atoms with Crippen LogP contribution in [0.4, 0.5) is 8.78 Å². The highest BCUT2D eigenvalue weighted by atomic mass is 80.0. The molecule has 7 heteroatoms. The maximum absolute atomic E-state index is 13.3. The molecule has 1 aliphatic heterocycles. The fourth-order valence-electron chi connectivity index (χ4n) is 2.96. The van der Waals surface area contributed by atoms with E-state index < -0.39 is 14.8 Å². The molecule has 0 spiro atoms. The van der Waals surface area contributed by atoms with Crippen LogP contribution in [0.15, 0.2) is 54.1 Å². The second kappa shape index (κ2) is 8.16. The molecule has 1 saturated heterocycles. The lowest BCUT2D eigenvalue weighted by Gasteiger charge is -2.25. The normalized spacial score (nSPS) is 15.6. The first-order chi connectivity index (χ1) is 12.0. The average Bonchev–Trinajstić information content (AvgIpc) is 2.59. The molecule has 25 heavy (non-hydrogen) atoms. The van der Waals surface area contributed by atoms with E-state index in [1.165, 1.54) is 29.3 Å². The first-order valence-corrected chi connectivity index (χ1v) is 9.70. The van der Waals surface area contributed by atoms with Gasteiger partial charge in [0.25, 0.3) is 0 Å². The molecular weight excluding hydrogens is 396 g/mol. The molecule has 2 aromatic rings. The van der Waals surface area contributed by atoms with E-state index in [4.69, 9.17) is 3.93 Å². The van der Waals surface area contributed by atoms with Crippen LogP contribution in [0, 0.1) is 26.4 Å². The van der Waals surface area contributed by atoms with Crippen LogP contribution in [0.25, 0.3) is 5.57 Å². The quantitative estimate of drug-likeness (QED) is 0.770. The summed E-state index contributed by atoms with van der Waals surface area (Å²) in [6, 6.07) is 12.3. The predicted molar refractivity (Wildman–Crippen MR) is 80.7 cm³/mol. The lowest BCUT2D eigenvalue weighted by Crippen LogP contribution is -2.43. The molecule has 0 N–H and O–H groups in total. The van der Waals surface area contributed by atoms with Gasteiger partial charge in [-0.2, -0.15) is 0 Å². The first-order valence-electron chi connectivity index (χ1n) is 7.76. The molecule has 1 heterocycles. The minimum absolute atomic E-state index is 0.323. The third-order valence-electron chi connectivity index (χ3n) is 4.10. The molecule has 1 fully saturated rings. The van der Waals surface area contributed by atoms with Gasteiger partial charge in [0.1, 0.15) is 11.6 Å². The summed E-state index contributed by atoms with van der Waals surface area (Å²) in [5.41, 5.74) is 3.71. The maximum atomic E-state index is 13.3. The standard InChI is InChI=1S/C18H16BrF2NO3/c20-16-5-1-13(2-6-16)18(14-3-7-17(21)8-4-14)15-9-11-22(12-10-15)25-19(23)24/h1-8H,9-12H2. The minimum Gasteiger partial charge on any atom is -0.371 e. The van der Waals surface area contributed by atoms with Crippen molar-refractivity contribution >= 4 is 5.57 Å². The summed E-state index contributed by atoms with van der Waals surface area (Å²) < 4.78 is 52.8. The molecule has 2 aromatic carbocycles. The molecule has 0 bridgehead atoms. The second-order valence-corrected chi connectivity index (χ2v) is 6.76. The van der Waals surface area contributed by atoms with Gasteiger partial charge in [0.05, 0.1) is 3.93 Å². The van der Waals surface area contributed by atoms with Gasteiger partial charge in [-0.25, -0.2) is 8.78 Å². The monoisotopic (exact) mass is 411 g/mol. The van der Waals surface area contributed by atoms with E-state index in [2.05, 4.69) is 0 Å². The summed E-state index contributed by atoms with van der Waals surface area (Å²) in [4.78, 5) is 0. The van der Waals surface area contributed by atoms with E-state index in [0.29, 0.717) is 25.9 Å². The summed E-state index contributed by atoms with van der Waals surface area (Å²) in [5.74, 6) is -0.646. The number of hydrogen-bond acceptors (Lipinski definition) is 4. The zero-order valence-corrected chi connectivity index (χ0v) is 14.8. The van der Waals surface area contributed by atoms with Crippen LogP contribution in [0.3, 0.4) is 0 Å². The Balaban J connectivity index is 1.94. The Morgan fingerprint density at radius 3 is 1.68 bits per heavy atom. The van der Waals surface area contributed by atoms with Gasteiger partial charge in [-0.15, -0.1) is 0 Å². The Kier molecular flexibility index (Phi) is 5.93. The molecule has 0 radical (unpaired) electrons. The molecule has 3 rings (SSSR count). The van der Waals surface area contributed by atoms with E-state index in [1.807, 2.05) is 0 Å². The molecule has 0 aromatic heterocycles. The highest BCUT2D eigenvalue weighted by Gasteiger charge is 2.26. The lowest BCUT2D eigenvalue weighted by molar-refractivity contribution is -1.64. The van der Waals surface area contributed by atoms with Crippen LogP contribution in [0.5, 0.6) is 0 Å². The molecular formula is C18H16BrF2NO3. The zero-order valence-electron chi connectivity index (χ0n) is 13.3. The number of rotatable bonds is 4. The van der Waals surface area contributed by atoms with Gasteiger partial charge in [-0.1, -0.05) is 34.9 Å². The van der Waals surface area contributed by atoms with Gasteiger partial charge in [-0.05, 0) is 53.8 Å². The van der Waals surface area contributed by atoms with Crippen LogP contribution in [-0.4, -0.2) is 18.2 Å². The van der Waals surface area contributed by atoms with Gasteiger partial charge in [0.15, 0.2) is 0 Å². The first kappa shape index (κ1) is 18.2. The second-order valence-electron chi connectivity index (χ2n) is 5.68. The summed E-state index contributed by atoms with van der Waals surface area (Å²) in [6.07, 6.45) is 1.22. The molecule has 0 amide bonds. The zero-order chi connectivity index (χ0) is 17.8. The molecule has 132 valence electrons. The number of hydroxylamine groups is 2. The summed E-state index contributed by atoms with van der Waals surface area (Å²) in [7, 11) is 0. The number of hydrogen-bond donors (Lipinski definition) is 0. The number of nitrogens with zero attached hydrogens (tertiary/aromatic N) is 1. The van der Waals surface area contributed by atoms with Crippen LogP contribution in [0.1, 0.15) is 24.0 Å². The van der Waals surface area contributed by atoms with Crippen molar-refractivity contribution in [3.05, 3.63) is 76.9 Å². The molecule has 0 saturated carbocycles. The van der Waals surface area contributed by atoms with Crippen molar-refractivity contribution in [3.63, 3.8) is 0 Å². The topological polar surface area (TPSA) is 58.6 Å².